The molecular weight excluding hydrogens is 180 g/mol. The standard InChI is InChI=1S/C9H12N4O/c14-9-11-3-1-5-13(9)6-8-2-4-10-7-12-8/h2,4,7H,1,3,5-6H2,(H,11,14). The van der Waals surface area contributed by atoms with Crippen molar-refractivity contribution in [2.45, 2.75) is 13.0 Å². The second-order valence-electron chi connectivity index (χ2n) is 3.21. The van der Waals surface area contributed by atoms with Crippen LogP contribution in [0.4, 0.5) is 4.79 Å². The lowest BCUT2D eigenvalue weighted by Gasteiger charge is -2.26. The summed E-state index contributed by atoms with van der Waals surface area (Å²) >= 11 is 0. The summed E-state index contributed by atoms with van der Waals surface area (Å²) in [6.07, 6.45) is 4.18. The van der Waals surface area contributed by atoms with Crippen molar-refractivity contribution in [1.82, 2.24) is 20.2 Å². The average Bonchev–Trinajstić information content (AvgIpc) is 2.23. The summed E-state index contributed by atoms with van der Waals surface area (Å²) in [6, 6.07) is 1.82. The Morgan fingerprint density at radius 3 is 3.21 bits per heavy atom. The number of urea groups is 1. The fourth-order valence-electron chi connectivity index (χ4n) is 1.44. The van der Waals surface area contributed by atoms with Gasteiger partial charge in [-0.2, -0.15) is 0 Å². The average molecular weight is 192 g/mol. The van der Waals surface area contributed by atoms with Crippen LogP contribution in [0.5, 0.6) is 0 Å². The topological polar surface area (TPSA) is 58.1 Å². The fraction of sp³-hybridized carbons (Fsp3) is 0.444. The van der Waals surface area contributed by atoms with Crippen molar-refractivity contribution in [2.24, 2.45) is 0 Å². The first-order valence-electron chi connectivity index (χ1n) is 4.64. The lowest BCUT2D eigenvalue weighted by atomic mass is 10.3. The second kappa shape index (κ2) is 4.04. The predicted molar refractivity (Wildman–Crippen MR) is 50.5 cm³/mol. The first kappa shape index (κ1) is 8.93. The molecule has 5 heteroatoms. The van der Waals surface area contributed by atoms with Crippen molar-refractivity contribution in [3.63, 3.8) is 0 Å². The molecule has 0 atom stereocenters. The number of amides is 2. The van der Waals surface area contributed by atoms with E-state index in [2.05, 4.69) is 15.3 Å². The molecule has 1 aromatic heterocycles. The molecule has 14 heavy (non-hydrogen) atoms. The maximum atomic E-state index is 11.4. The Morgan fingerprint density at radius 2 is 2.50 bits per heavy atom. The number of aromatic nitrogens is 2. The first-order chi connectivity index (χ1) is 6.86. The maximum absolute atomic E-state index is 11.4. The molecule has 2 amide bonds. The van der Waals surface area contributed by atoms with Gasteiger partial charge in [0.05, 0.1) is 12.2 Å². The van der Waals surface area contributed by atoms with Gasteiger partial charge in [0.2, 0.25) is 0 Å². The van der Waals surface area contributed by atoms with Crippen LogP contribution >= 0.6 is 0 Å². The van der Waals surface area contributed by atoms with Crippen molar-refractivity contribution in [3.05, 3.63) is 24.3 Å². The van der Waals surface area contributed by atoms with Gasteiger partial charge in [-0.15, -0.1) is 0 Å². The zero-order valence-corrected chi connectivity index (χ0v) is 7.81. The van der Waals surface area contributed by atoms with E-state index in [1.165, 1.54) is 6.33 Å². The minimum absolute atomic E-state index is 0.00476. The number of carbonyl (C=O) groups excluding carboxylic acids is 1. The Balaban J connectivity index is 2.00. The third kappa shape index (κ3) is 1.99. The molecule has 1 aliphatic rings. The number of rotatable bonds is 2. The third-order valence-electron chi connectivity index (χ3n) is 2.16. The molecule has 2 heterocycles. The summed E-state index contributed by atoms with van der Waals surface area (Å²) in [5.41, 5.74) is 0.872. The molecule has 2 rings (SSSR count). The highest BCUT2D eigenvalue weighted by molar-refractivity contribution is 5.74. The van der Waals surface area contributed by atoms with E-state index in [0.29, 0.717) is 6.54 Å². The molecule has 0 aliphatic carbocycles. The van der Waals surface area contributed by atoms with E-state index in [4.69, 9.17) is 0 Å². The number of hydrogen-bond acceptors (Lipinski definition) is 3. The Hall–Kier alpha value is -1.65. The van der Waals surface area contributed by atoms with E-state index < -0.39 is 0 Å². The molecule has 1 aromatic rings. The normalized spacial score (nSPS) is 16.6. The smallest absolute Gasteiger partial charge is 0.317 e. The highest BCUT2D eigenvalue weighted by Gasteiger charge is 2.17. The zero-order valence-electron chi connectivity index (χ0n) is 7.81. The molecule has 74 valence electrons. The van der Waals surface area contributed by atoms with E-state index >= 15 is 0 Å². The molecule has 0 radical (unpaired) electrons. The molecule has 1 N–H and O–H groups in total. The van der Waals surface area contributed by atoms with Gasteiger partial charge < -0.3 is 10.2 Å². The van der Waals surface area contributed by atoms with E-state index in [9.17, 15) is 4.79 Å². The van der Waals surface area contributed by atoms with Gasteiger partial charge in [-0.1, -0.05) is 0 Å². The highest BCUT2D eigenvalue weighted by Crippen LogP contribution is 2.04. The van der Waals surface area contributed by atoms with Crippen LogP contribution < -0.4 is 5.32 Å². The highest BCUT2D eigenvalue weighted by atomic mass is 16.2. The van der Waals surface area contributed by atoms with E-state index in [0.717, 1.165) is 25.2 Å². The van der Waals surface area contributed by atoms with Crippen LogP contribution in [0.15, 0.2) is 18.6 Å². The molecule has 0 saturated carbocycles. The minimum atomic E-state index is -0.00476. The molecule has 0 spiro atoms. The number of hydrogen-bond donors (Lipinski definition) is 1. The van der Waals surface area contributed by atoms with Crippen molar-refractivity contribution in [1.29, 1.82) is 0 Å². The first-order valence-corrected chi connectivity index (χ1v) is 4.64. The van der Waals surface area contributed by atoms with Crippen LogP contribution in [-0.2, 0) is 6.54 Å². The molecule has 1 aliphatic heterocycles. The Labute approximate surface area is 82.2 Å². The molecule has 0 unspecified atom stereocenters. The van der Waals surface area contributed by atoms with Crippen LogP contribution in [0.25, 0.3) is 0 Å². The summed E-state index contributed by atoms with van der Waals surface area (Å²) in [5.74, 6) is 0. The number of nitrogens with zero attached hydrogens (tertiary/aromatic N) is 3. The van der Waals surface area contributed by atoms with E-state index in [-0.39, 0.29) is 6.03 Å². The van der Waals surface area contributed by atoms with Crippen molar-refractivity contribution in [2.75, 3.05) is 13.1 Å². The molecular formula is C9H12N4O. The SMILES string of the molecule is O=C1NCCCN1Cc1ccncn1. The maximum Gasteiger partial charge on any atom is 0.317 e. The lowest BCUT2D eigenvalue weighted by Crippen LogP contribution is -2.45. The summed E-state index contributed by atoms with van der Waals surface area (Å²) in [7, 11) is 0. The Bertz CT molecular complexity index is 314. The van der Waals surface area contributed by atoms with Crippen LogP contribution in [-0.4, -0.2) is 34.0 Å². The van der Waals surface area contributed by atoms with Gasteiger partial charge in [-0.25, -0.2) is 14.8 Å². The van der Waals surface area contributed by atoms with Crippen LogP contribution in [0, 0.1) is 0 Å². The van der Waals surface area contributed by atoms with Crippen LogP contribution in [0.1, 0.15) is 12.1 Å². The number of nitrogens with one attached hydrogen (secondary N) is 1. The van der Waals surface area contributed by atoms with E-state index in [1.54, 1.807) is 11.1 Å². The summed E-state index contributed by atoms with van der Waals surface area (Å²) in [5, 5.41) is 2.80. The quantitative estimate of drug-likeness (QED) is 0.737. The van der Waals surface area contributed by atoms with Crippen molar-refractivity contribution >= 4 is 6.03 Å². The van der Waals surface area contributed by atoms with E-state index in [1.807, 2.05) is 6.07 Å². The fourth-order valence-corrected chi connectivity index (χ4v) is 1.44. The summed E-state index contributed by atoms with van der Waals surface area (Å²) < 4.78 is 0. The Kier molecular flexibility index (Phi) is 2.58. The van der Waals surface area contributed by atoms with Gasteiger partial charge in [0.1, 0.15) is 6.33 Å². The van der Waals surface area contributed by atoms with Gasteiger partial charge >= 0.3 is 6.03 Å². The van der Waals surface area contributed by atoms with Crippen molar-refractivity contribution in [3.8, 4) is 0 Å². The van der Waals surface area contributed by atoms with Crippen LogP contribution in [0.3, 0.4) is 0 Å². The lowest BCUT2D eigenvalue weighted by molar-refractivity contribution is 0.182. The molecule has 1 saturated heterocycles. The van der Waals surface area contributed by atoms with Crippen LogP contribution in [0.2, 0.25) is 0 Å². The molecule has 0 bridgehead atoms. The molecule has 5 nitrogen and oxygen atoms in total. The number of carbonyl (C=O) groups is 1. The second-order valence-corrected chi connectivity index (χ2v) is 3.21. The van der Waals surface area contributed by atoms with Gasteiger partial charge in [-0.05, 0) is 12.5 Å². The Morgan fingerprint density at radius 1 is 1.57 bits per heavy atom. The summed E-state index contributed by atoms with van der Waals surface area (Å²) in [6.45, 7) is 2.14. The summed E-state index contributed by atoms with van der Waals surface area (Å²) in [4.78, 5) is 21.0. The molecule has 1 fully saturated rings. The van der Waals surface area contributed by atoms with Crippen molar-refractivity contribution < 1.29 is 4.79 Å². The predicted octanol–water partition coefficient (Wildman–Crippen LogP) is 0.392. The largest absolute Gasteiger partial charge is 0.338 e. The van der Waals surface area contributed by atoms with Gasteiger partial charge in [0, 0.05) is 19.3 Å². The molecule has 0 aromatic carbocycles. The zero-order chi connectivity index (χ0) is 9.80. The van der Waals surface area contributed by atoms with Gasteiger partial charge in [0.15, 0.2) is 0 Å². The third-order valence-corrected chi connectivity index (χ3v) is 2.16. The minimum Gasteiger partial charge on any atom is -0.338 e. The monoisotopic (exact) mass is 192 g/mol. The van der Waals surface area contributed by atoms with Gasteiger partial charge in [-0.3, -0.25) is 0 Å². The van der Waals surface area contributed by atoms with Gasteiger partial charge in [0.25, 0.3) is 0 Å².